The number of nitrogens with one attached hydrogen (secondary N) is 1. The number of ether oxygens (including phenoxy) is 2. The minimum absolute atomic E-state index is 0.0265. The predicted molar refractivity (Wildman–Crippen MR) is 250 cm³/mol. The van der Waals surface area contributed by atoms with Crippen LogP contribution in [0.2, 0.25) is 0 Å². The molecule has 11 nitrogen and oxygen atoms in total. The third-order valence-electron chi connectivity index (χ3n) is 11.5. The molecule has 358 valence electrons. The zero-order chi connectivity index (χ0) is 45.1. The third-order valence-corrected chi connectivity index (χ3v) is 12.5. The number of furan rings is 2. The maximum absolute atomic E-state index is 12.7. The van der Waals surface area contributed by atoms with Crippen LogP contribution in [0.15, 0.2) is 21.0 Å². The highest BCUT2D eigenvalue weighted by Crippen LogP contribution is 2.43. The molecule has 0 aliphatic heterocycles. The van der Waals surface area contributed by atoms with E-state index in [0.717, 1.165) is 94.3 Å². The highest BCUT2D eigenvalue weighted by molar-refractivity contribution is 7.47. The Labute approximate surface area is 376 Å². The standard InChI is InChI=1S/C50H88NO10P/c1-6-8-24-30-44-38-42(3)47(59-44)32-26-20-16-12-10-11-13-18-22-28-34-49(52)56-40-46(41-58-62(54,55)57-37-36-51-5)61-50(53)35-29-23-19-15-14-17-21-27-33-48-43(4)39-45(60-48)31-25-9-7-2/h38-39,46,51H,6-37,40-41H2,1-5H3,(H,54,55)/t46-/m1/s1. The molecule has 0 bridgehead atoms. The van der Waals surface area contributed by atoms with Crippen LogP contribution >= 0.6 is 7.82 Å². The van der Waals surface area contributed by atoms with Gasteiger partial charge in [0.2, 0.25) is 0 Å². The summed E-state index contributed by atoms with van der Waals surface area (Å²) in [5, 5.41) is 2.83. The smallest absolute Gasteiger partial charge is 0.466 e. The number of esters is 2. The van der Waals surface area contributed by atoms with Crippen LogP contribution in [0.3, 0.4) is 0 Å². The summed E-state index contributed by atoms with van der Waals surface area (Å²) < 4.78 is 45.6. The topological polar surface area (TPSA) is 147 Å². The number of phosphoric ester groups is 1. The van der Waals surface area contributed by atoms with Crippen molar-refractivity contribution in [2.45, 2.75) is 226 Å². The SMILES string of the molecule is CCCCCc1cc(C)c(CCCCCCCCCCCCC(=O)OC[C@H](COP(=O)(O)OCCNC)OC(=O)CCCCCCCCCCc2oc(CCCCC)cc2C)o1. The van der Waals surface area contributed by atoms with Crippen molar-refractivity contribution in [3.8, 4) is 0 Å². The lowest BCUT2D eigenvalue weighted by Gasteiger charge is -2.20. The normalized spacial score (nSPS) is 13.1. The molecule has 2 N–H and O–H groups in total. The summed E-state index contributed by atoms with van der Waals surface area (Å²) in [6.45, 7) is 8.44. The van der Waals surface area contributed by atoms with Crippen molar-refractivity contribution in [2.75, 3.05) is 33.4 Å². The molecule has 0 saturated heterocycles. The minimum atomic E-state index is -4.37. The van der Waals surface area contributed by atoms with Crippen LogP contribution in [0.1, 0.15) is 215 Å². The number of unbranched alkanes of at least 4 members (excludes halogenated alkanes) is 20. The summed E-state index contributed by atoms with van der Waals surface area (Å²) in [7, 11) is -2.67. The highest BCUT2D eigenvalue weighted by Gasteiger charge is 2.26. The number of rotatable bonds is 42. The van der Waals surface area contributed by atoms with E-state index in [0.29, 0.717) is 13.0 Å². The van der Waals surface area contributed by atoms with Crippen LogP contribution in [-0.2, 0) is 58.4 Å². The van der Waals surface area contributed by atoms with Crippen molar-refractivity contribution in [1.29, 1.82) is 0 Å². The van der Waals surface area contributed by atoms with Gasteiger partial charge >= 0.3 is 19.8 Å². The van der Waals surface area contributed by atoms with Gasteiger partial charge < -0.3 is 28.5 Å². The van der Waals surface area contributed by atoms with Crippen LogP contribution in [0.25, 0.3) is 0 Å². The van der Waals surface area contributed by atoms with E-state index in [1.807, 2.05) is 0 Å². The Kier molecular flexibility index (Phi) is 32.2. The Hall–Kier alpha value is -2.43. The van der Waals surface area contributed by atoms with Gasteiger partial charge in [0.25, 0.3) is 0 Å². The summed E-state index contributed by atoms with van der Waals surface area (Å²) in [5.74, 6) is 3.75. The predicted octanol–water partition coefficient (Wildman–Crippen LogP) is 13.4. The van der Waals surface area contributed by atoms with Crippen molar-refractivity contribution in [3.05, 3.63) is 46.3 Å². The number of hydrogen-bond acceptors (Lipinski definition) is 10. The molecule has 2 aromatic rings. The molecule has 2 atom stereocenters. The van der Waals surface area contributed by atoms with Crippen LogP contribution in [0.5, 0.6) is 0 Å². The third kappa shape index (κ3) is 28.4. The van der Waals surface area contributed by atoms with Gasteiger partial charge in [0.15, 0.2) is 6.10 Å². The van der Waals surface area contributed by atoms with Gasteiger partial charge in [-0.15, -0.1) is 0 Å². The van der Waals surface area contributed by atoms with E-state index >= 15 is 0 Å². The monoisotopic (exact) mass is 894 g/mol. The quantitative estimate of drug-likeness (QED) is 0.0373. The number of likely N-dealkylation sites (N-methyl/N-ethyl adjacent to an activating group) is 1. The summed E-state index contributed by atoms with van der Waals surface area (Å²) in [6, 6.07) is 4.44. The van der Waals surface area contributed by atoms with Crippen molar-refractivity contribution in [1.82, 2.24) is 5.32 Å². The molecule has 0 fully saturated rings. The Morgan fingerprint density at radius 3 is 1.47 bits per heavy atom. The Morgan fingerprint density at radius 2 is 1.02 bits per heavy atom. The molecule has 0 amide bonds. The number of carbonyl (C=O) groups excluding carboxylic acids is 2. The zero-order valence-electron chi connectivity index (χ0n) is 39.8. The maximum Gasteiger partial charge on any atom is 0.472 e. The summed E-state index contributed by atoms with van der Waals surface area (Å²) >= 11 is 0. The zero-order valence-corrected chi connectivity index (χ0v) is 40.7. The lowest BCUT2D eigenvalue weighted by molar-refractivity contribution is -0.161. The first-order chi connectivity index (χ1) is 30.1. The Bertz CT molecular complexity index is 1470. The van der Waals surface area contributed by atoms with E-state index in [1.165, 1.54) is 113 Å². The molecule has 0 saturated carbocycles. The Morgan fingerprint density at radius 1 is 0.597 bits per heavy atom. The molecule has 2 aromatic heterocycles. The van der Waals surface area contributed by atoms with E-state index < -0.39 is 26.5 Å². The first-order valence-electron chi connectivity index (χ1n) is 24.8. The van der Waals surface area contributed by atoms with Gasteiger partial charge in [0.05, 0.1) is 13.2 Å². The molecule has 62 heavy (non-hydrogen) atoms. The molecule has 0 aromatic carbocycles. The Balaban J connectivity index is 1.55. The second-order valence-corrected chi connectivity index (χ2v) is 18.9. The first kappa shape index (κ1) is 55.7. The minimum Gasteiger partial charge on any atom is -0.466 e. The van der Waals surface area contributed by atoms with Gasteiger partial charge in [-0.05, 0) is 82.7 Å². The van der Waals surface area contributed by atoms with Gasteiger partial charge in [-0.2, -0.15) is 0 Å². The molecule has 0 radical (unpaired) electrons. The molecule has 0 aliphatic rings. The van der Waals surface area contributed by atoms with Crippen molar-refractivity contribution in [3.63, 3.8) is 0 Å². The van der Waals surface area contributed by atoms with E-state index in [2.05, 4.69) is 45.1 Å². The molecule has 2 rings (SSSR count). The number of carbonyl (C=O) groups is 2. The average molecular weight is 894 g/mol. The molecule has 0 spiro atoms. The molecular weight excluding hydrogens is 806 g/mol. The molecule has 1 unspecified atom stereocenters. The van der Waals surface area contributed by atoms with Crippen molar-refractivity contribution < 1.29 is 46.4 Å². The maximum atomic E-state index is 12.7. The lowest BCUT2D eigenvalue weighted by atomic mass is 10.0. The van der Waals surface area contributed by atoms with Gasteiger partial charge in [-0.25, -0.2) is 4.57 Å². The van der Waals surface area contributed by atoms with Gasteiger partial charge in [0, 0.05) is 45.1 Å². The fourth-order valence-electron chi connectivity index (χ4n) is 7.70. The fourth-order valence-corrected chi connectivity index (χ4v) is 8.45. The van der Waals surface area contributed by atoms with E-state index in [-0.39, 0.29) is 32.0 Å². The van der Waals surface area contributed by atoms with Crippen LogP contribution in [-0.4, -0.2) is 56.3 Å². The summed E-state index contributed by atoms with van der Waals surface area (Å²) in [6.07, 6.45) is 30.6. The fraction of sp³-hybridized carbons (Fsp3) is 0.800. The highest BCUT2D eigenvalue weighted by atomic mass is 31.2. The van der Waals surface area contributed by atoms with Gasteiger partial charge in [-0.3, -0.25) is 18.6 Å². The van der Waals surface area contributed by atoms with Gasteiger partial charge in [0.1, 0.15) is 29.6 Å². The summed E-state index contributed by atoms with van der Waals surface area (Å²) in [5.41, 5.74) is 2.58. The second-order valence-electron chi connectivity index (χ2n) is 17.4. The van der Waals surface area contributed by atoms with E-state index in [9.17, 15) is 19.0 Å². The second kappa shape index (κ2) is 35.9. The molecular formula is C50H88NO10P. The molecule has 0 aliphatic carbocycles. The van der Waals surface area contributed by atoms with Crippen molar-refractivity contribution in [2.24, 2.45) is 0 Å². The van der Waals surface area contributed by atoms with Crippen LogP contribution in [0.4, 0.5) is 0 Å². The molecule has 12 heteroatoms. The van der Waals surface area contributed by atoms with Gasteiger partial charge in [-0.1, -0.05) is 129 Å². The summed E-state index contributed by atoms with van der Waals surface area (Å²) in [4.78, 5) is 35.4. The molecule has 2 heterocycles. The lowest BCUT2D eigenvalue weighted by Crippen LogP contribution is -2.29. The van der Waals surface area contributed by atoms with E-state index in [1.54, 1.807) is 7.05 Å². The van der Waals surface area contributed by atoms with E-state index in [4.69, 9.17) is 27.4 Å². The number of aryl methyl sites for hydroxylation is 6. The van der Waals surface area contributed by atoms with Crippen molar-refractivity contribution >= 4 is 19.8 Å². The van der Waals surface area contributed by atoms with Crippen LogP contribution < -0.4 is 5.32 Å². The largest absolute Gasteiger partial charge is 0.472 e. The van der Waals surface area contributed by atoms with Crippen LogP contribution in [0, 0.1) is 13.8 Å². The first-order valence-corrected chi connectivity index (χ1v) is 26.3. The number of hydrogen-bond donors (Lipinski definition) is 2. The average Bonchev–Trinajstić information content (AvgIpc) is 3.79. The number of phosphoric acid groups is 1.